The summed E-state index contributed by atoms with van der Waals surface area (Å²) < 4.78 is 0. The second-order valence-corrected chi connectivity index (χ2v) is 3.85. The summed E-state index contributed by atoms with van der Waals surface area (Å²) in [4.78, 5) is 4.11. The van der Waals surface area contributed by atoms with Crippen LogP contribution in [-0.4, -0.2) is 4.98 Å². The van der Waals surface area contributed by atoms with Crippen LogP contribution < -0.4 is 11.5 Å². The molecule has 0 atom stereocenters. The lowest BCUT2D eigenvalue weighted by atomic mass is 10.1. The summed E-state index contributed by atoms with van der Waals surface area (Å²) in [5.41, 5.74) is 11.6. The Hall–Kier alpha value is -2.29. The molecule has 0 amide bonds. The molecule has 3 heteroatoms. The average molecular weight is 209 g/mol. The number of fused-ring (bicyclic) bond motifs is 2. The summed E-state index contributed by atoms with van der Waals surface area (Å²) >= 11 is 0. The molecular weight excluding hydrogens is 198 g/mol. The van der Waals surface area contributed by atoms with Crippen LogP contribution in [-0.2, 0) is 0 Å². The minimum atomic E-state index is 0.438. The molecule has 3 nitrogen and oxygen atoms in total. The quantitative estimate of drug-likeness (QED) is 0.598. The van der Waals surface area contributed by atoms with E-state index in [2.05, 4.69) is 23.2 Å². The van der Waals surface area contributed by atoms with Gasteiger partial charge in [0.05, 0.1) is 0 Å². The fourth-order valence-corrected chi connectivity index (χ4v) is 1.97. The van der Waals surface area contributed by atoms with Gasteiger partial charge < -0.3 is 11.5 Å². The Kier molecular flexibility index (Phi) is 1.74. The first kappa shape index (κ1) is 8.97. The molecule has 0 aliphatic heterocycles. The van der Waals surface area contributed by atoms with Gasteiger partial charge in [0, 0.05) is 5.39 Å². The Morgan fingerprint density at radius 3 is 2.38 bits per heavy atom. The maximum absolute atomic E-state index is 5.91. The number of rotatable bonds is 0. The number of aromatic nitrogens is 1. The second kappa shape index (κ2) is 3.10. The number of hydrogen-bond acceptors (Lipinski definition) is 3. The minimum Gasteiger partial charge on any atom is -0.384 e. The van der Waals surface area contributed by atoms with Crippen LogP contribution in [0.1, 0.15) is 0 Å². The van der Waals surface area contributed by atoms with Crippen LogP contribution in [0.4, 0.5) is 11.6 Å². The van der Waals surface area contributed by atoms with Gasteiger partial charge in [0.2, 0.25) is 0 Å². The van der Waals surface area contributed by atoms with Crippen LogP contribution in [0.15, 0.2) is 42.5 Å². The molecule has 0 spiro atoms. The van der Waals surface area contributed by atoms with Gasteiger partial charge in [-0.15, -0.1) is 0 Å². The van der Waals surface area contributed by atoms with Crippen LogP contribution in [0.5, 0.6) is 0 Å². The third-order valence-corrected chi connectivity index (χ3v) is 2.77. The molecule has 0 fully saturated rings. The first-order valence-electron chi connectivity index (χ1n) is 5.08. The predicted molar refractivity (Wildman–Crippen MR) is 68.1 cm³/mol. The molecule has 0 aliphatic rings. The molecule has 0 radical (unpaired) electrons. The third kappa shape index (κ3) is 1.26. The zero-order chi connectivity index (χ0) is 11.1. The molecule has 0 bridgehead atoms. The zero-order valence-corrected chi connectivity index (χ0v) is 8.64. The van der Waals surface area contributed by atoms with E-state index in [9.17, 15) is 0 Å². The highest BCUT2D eigenvalue weighted by atomic mass is 14.9. The minimum absolute atomic E-state index is 0.438. The van der Waals surface area contributed by atoms with Crippen LogP contribution in [0.25, 0.3) is 21.5 Å². The molecule has 16 heavy (non-hydrogen) atoms. The molecule has 1 aromatic heterocycles. The third-order valence-electron chi connectivity index (χ3n) is 2.77. The number of benzene rings is 1. The van der Waals surface area contributed by atoms with Crippen LogP contribution in [0.3, 0.4) is 0 Å². The highest BCUT2D eigenvalue weighted by Crippen LogP contribution is 2.26. The lowest BCUT2D eigenvalue weighted by molar-refractivity contribution is 1.39. The molecule has 4 N–H and O–H groups in total. The summed E-state index contributed by atoms with van der Waals surface area (Å²) in [5.74, 6) is 0.911. The van der Waals surface area contributed by atoms with Crippen molar-refractivity contribution in [2.75, 3.05) is 11.5 Å². The molecule has 78 valence electrons. The Bertz CT molecular complexity index is 689. The topological polar surface area (TPSA) is 64.9 Å². The molecule has 0 aliphatic carbocycles. The van der Waals surface area contributed by atoms with E-state index in [0.29, 0.717) is 11.6 Å². The van der Waals surface area contributed by atoms with Gasteiger partial charge >= 0.3 is 0 Å². The van der Waals surface area contributed by atoms with Crippen molar-refractivity contribution in [3.63, 3.8) is 0 Å². The van der Waals surface area contributed by atoms with E-state index in [1.807, 2.05) is 18.2 Å². The predicted octanol–water partition coefficient (Wildman–Crippen LogP) is 2.55. The summed E-state index contributed by atoms with van der Waals surface area (Å²) in [6, 6.07) is 14.0. The number of nitrogens with two attached hydrogens (primary N) is 2. The smallest absolute Gasteiger partial charge is 0.133 e. The molecule has 2 aromatic carbocycles. The van der Waals surface area contributed by atoms with Crippen molar-refractivity contribution in [2.24, 2.45) is 0 Å². The molecule has 3 aromatic rings. The summed E-state index contributed by atoms with van der Waals surface area (Å²) in [6.07, 6.45) is 0. The van der Waals surface area contributed by atoms with E-state index in [-0.39, 0.29) is 0 Å². The molecular formula is C13H11N3. The molecule has 0 unspecified atom stereocenters. The fourth-order valence-electron chi connectivity index (χ4n) is 1.97. The maximum atomic E-state index is 5.91. The van der Waals surface area contributed by atoms with Crippen molar-refractivity contribution in [3.05, 3.63) is 42.5 Å². The number of nitrogens with zero attached hydrogens (tertiary/aromatic N) is 1. The first-order valence-corrected chi connectivity index (χ1v) is 5.08. The van der Waals surface area contributed by atoms with Crippen LogP contribution >= 0.6 is 0 Å². The fraction of sp³-hybridized carbons (Fsp3) is 0. The van der Waals surface area contributed by atoms with Gasteiger partial charge in [-0.1, -0.05) is 24.3 Å². The van der Waals surface area contributed by atoms with E-state index in [1.165, 1.54) is 10.8 Å². The lowest BCUT2D eigenvalue weighted by Gasteiger charge is -1.97. The van der Waals surface area contributed by atoms with Gasteiger partial charge in [-0.3, -0.25) is 0 Å². The SMILES string of the molecule is Nc1ccc2cc3cccc3cc2c(N)n1. The average Bonchev–Trinajstić information content (AvgIpc) is 2.66. The second-order valence-electron chi connectivity index (χ2n) is 3.85. The van der Waals surface area contributed by atoms with Gasteiger partial charge in [0.15, 0.2) is 0 Å². The monoisotopic (exact) mass is 209 g/mol. The van der Waals surface area contributed by atoms with E-state index < -0.39 is 0 Å². The largest absolute Gasteiger partial charge is 0.384 e. The standard InChI is InChI=1S/C13H11N3/c14-12-5-4-10-6-8-2-1-3-9(8)7-11(10)13(15)16-12/h1-7H,(H4,14,15,16). The van der Waals surface area contributed by atoms with Crippen molar-refractivity contribution < 1.29 is 0 Å². The van der Waals surface area contributed by atoms with Gasteiger partial charge in [-0.25, -0.2) is 4.98 Å². The van der Waals surface area contributed by atoms with Crippen molar-refractivity contribution in [1.29, 1.82) is 0 Å². The van der Waals surface area contributed by atoms with E-state index >= 15 is 0 Å². The van der Waals surface area contributed by atoms with E-state index in [4.69, 9.17) is 11.5 Å². The van der Waals surface area contributed by atoms with Crippen molar-refractivity contribution in [2.45, 2.75) is 0 Å². The highest BCUT2D eigenvalue weighted by molar-refractivity contribution is 6.02. The molecule has 3 rings (SSSR count). The Labute approximate surface area is 92.7 Å². The van der Waals surface area contributed by atoms with Crippen molar-refractivity contribution >= 4 is 33.2 Å². The van der Waals surface area contributed by atoms with Gasteiger partial charge in [0.1, 0.15) is 11.6 Å². The summed E-state index contributed by atoms with van der Waals surface area (Å²) in [6.45, 7) is 0. The Balaban J connectivity index is 2.54. The van der Waals surface area contributed by atoms with Crippen LogP contribution in [0, 0.1) is 0 Å². The summed E-state index contributed by atoms with van der Waals surface area (Å²) in [7, 11) is 0. The van der Waals surface area contributed by atoms with Gasteiger partial charge in [-0.05, 0) is 34.4 Å². The maximum Gasteiger partial charge on any atom is 0.133 e. The van der Waals surface area contributed by atoms with Crippen molar-refractivity contribution in [3.8, 4) is 0 Å². The van der Waals surface area contributed by atoms with E-state index in [0.717, 1.165) is 10.8 Å². The number of hydrogen-bond donors (Lipinski definition) is 2. The van der Waals surface area contributed by atoms with Gasteiger partial charge in [-0.2, -0.15) is 0 Å². The lowest BCUT2D eigenvalue weighted by Crippen LogP contribution is -1.91. The normalized spacial score (nSPS) is 11.0. The van der Waals surface area contributed by atoms with E-state index in [1.54, 1.807) is 6.07 Å². The summed E-state index contributed by atoms with van der Waals surface area (Å²) in [5, 5.41) is 4.37. The van der Waals surface area contributed by atoms with Gasteiger partial charge in [0.25, 0.3) is 0 Å². The highest BCUT2D eigenvalue weighted by Gasteiger charge is 2.01. The molecule has 0 saturated carbocycles. The Morgan fingerprint density at radius 1 is 0.812 bits per heavy atom. The zero-order valence-electron chi connectivity index (χ0n) is 8.64. The molecule has 0 saturated heterocycles. The first-order chi connectivity index (χ1) is 7.74. The Morgan fingerprint density at radius 2 is 1.56 bits per heavy atom. The number of nitrogen functional groups attached to an aromatic ring is 2. The van der Waals surface area contributed by atoms with Crippen LogP contribution in [0.2, 0.25) is 0 Å². The number of anilines is 2. The van der Waals surface area contributed by atoms with Crippen molar-refractivity contribution in [1.82, 2.24) is 4.98 Å². The molecule has 1 heterocycles.